The number of anilines is 1. The highest BCUT2D eigenvalue weighted by Gasteiger charge is 2.28. The van der Waals surface area contributed by atoms with Crippen molar-refractivity contribution in [3.63, 3.8) is 0 Å². The largest absolute Gasteiger partial charge is 0.360 e. The lowest BCUT2D eigenvalue weighted by Gasteiger charge is -2.14. The fourth-order valence-corrected chi connectivity index (χ4v) is 3.65. The number of aryl methyl sites for hydroxylation is 2. The van der Waals surface area contributed by atoms with Crippen LogP contribution in [0.1, 0.15) is 23.9 Å². The third-order valence-corrected chi connectivity index (χ3v) is 5.01. The molecule has 0 aliphatic heterocycles. The van der Waals surface area contributed by atoms with Crippen molar-refractivity contribution in [1.29, 1.82) is 5.26 Å². The van der Waals surface area contributed by atoms with Gasteiger partial charge in [-0.25, -0.2) is 8.42 Å². The lowest BCUT2D eigenvalue weighted by atomic mass is 10.2. The number of nitriles is 1. The molecule has 0 spiro atoms. The van der Waals surface area contributed by atoms with E-state index in [0.29, 0.717) is 11.3 Å². The standard InChI is InChI=1S/C15H16N4O4S/c1-9-14(11(3)23-18-9)24(21,22)19-10(2)15(20)17-13-6-4-5-12(7-13)8-16/h4-7,10,19H,1-3H3,(H,17,20)/t10-/m0/s1. The van der Waals surface area contributed by atoms with Crippen molar-refractivity contribution < 1.29 is 17.7 Å². The minimum Gasteiger partial charge on any atom is -0.360 e. The molecular formula is C15H16N4O4S. The van der Waals surface area contributed by atoms with Gasteiger partial charge in [0.1, 0.15) is 10.6 Å². The predicted molar refractivity (Wildman–Crippen MR) is 85.5 cm³/mol. The van der Waals surface area contributed by atoms with Crippen molar-refractivity contribution in [1.82, 2.24) is 9.88 Å². The number of carbonyl (C=O) groups is 1. The highest BCUT2D eigenvalue weighted by atomic mass is 32.2. The van der Waals surface area contributed by atoms with Crippen LogP contribution in [0.15, 0.2) is 33.7 Å². The molecule has 1 aromatic heterocycles. The van der Waals surface area contributed by atoms with E-state index in [-0.39, 0.29) is 16.3 Å². The van der Waals surface area contributed by atoms with Gasteiger partial charge in [0.2, 0.25) is 15.9 Å². The number of nitrogens with zero attached hydrogens (tertiary/aromatic N) is 2. The molecule has 126 valence electrons. The molecule has 1 atom stereocenters. The molecule has 1 amide bonds. The third kappa shape index (κ3) is 3.79. The molecule has 0 bridgehead atoms. The first-order valence-electron chi connectivity index (χ1n) is 7.01. The van der Waals surface area contributed by atoms with Crippen LogP contribution in [-0.2, 0) is 14.8 Å². The minimum atomic E-state index is -3.95. The van der Waals surface area contributed by atoms with Crippen molar-refractivity contribution in [2.24, 2.45) is 0 Å². The number of hydrogen-bond donors (Lipinski definition) is 2. The summed E-state index contributed by atoms with van der Waals surface area (Å²) in [6.45, 7) is 4.40. The Balaban J connectivity index is 2.13. The first-order chi connectivity index (χ1) is 11.2. The van der Waals surface area contributed by atoms with Gasteiger partial charge in [0.05, 0.1) is 17.7 Å². The number of aromatic nitrogens is 1. The zero-order valence-corrected chi connectivity index (χ0v) is 14.1. The Morgan fingerprint density at radius 1 is 1.38 bits per heavy atom. The van der Waals surface area contributed by atoms with Gasteiger partial charge in [-0.3, -0.25) is 4.79 Å². The fraction of sp³-hybridized carbons (Fsp3) is 0.267. The first-order valence-corrected chi connectivity index (χ1v) is 8.49. The summed E-state index contributed by atoms with van der Waals surface area (Å²) < 4.78 is 31.9. The third-order valence-electron chi connectivity index (χ3n) is 3.22. The zero-order chi connectivity index (χ0) is 17.9. The van der Waals surface area contributed by atoms with E-state index in [0.717, 1.165) is 0 Å². The first kappa shape index (κ1) is 17.7. The normalized spacial score (nSPS) is 12.4. The van der Waals surface area contributed by atoms with Gasteiger partial charge in [-0.15, -0.1) is 0 Å². The maximum atomic E-state index is 12.4. The van der Waals surface area contributed by atoms with Crippen molar-refractivity contribution in [3.8, 4) is 6.07 Å². The molecule has 0 saturated carbocycles. The van der Waals surface area contributed by atoms with Crippen molar-refractivity contribution >= 4 is 21.6 Å². The smallest absolute Gasteiger partial charge is 0.246 e. The number of amides is 1. The maximum absolute atomic E-state index is 12.4. The Morgan fingerprint density at radius 3 is 2.67 bits per heavy atom. The van der Waals surface area contributed by atoms with E-state index in [4.69, 9.17) is 9.78 Å². The summed E-state index contributed by atoms with van der Waals surface area (Å²) in [5.74, 6) is -0.408. The minimum absolute atomic E-state index is 0.0753. The van der Waals surface area contributed by atoms with Crippen molar-refractivity contribution in [2.75, 3.05) is 5.32 Å². The molecule has 0 radical (unpaired) electrons. The second-order valence-electron chi connectivity index (χ2n) is 5.18. The van der Waals surface area contributed by atoms with Crippen LogP contribution in [0.5, 0.6) is 0 Å². The molecule has 0 unspecified atom stereocenters. The molecule has 0 aliphatic carbocycles. The second kappa shape index (κ2) is 6.82. The Kier molecular flexibility index (Phi) is 5.02. The van der Waals surface area contributed by atoms with Gasteiger partial charge in [-0.05, 0) is 39.0 Å². The van der Waals surface area contributed by atoms with E-state index in [1.54, 1.807) is 18.2 Å². The van der Waals surface area contributed by atoms with E-state index in [1.807, 2.05) is 6.07 Å². The summed E-state index contributed by atoms with van der Waals surface area (Å²) in [4.78, 5) is 12.1. The Hall–Kier alpha value is -2.70. The predicted octanol–water partition coefficient (Wildman–Crippen LogP) is 1.47. The molecule has 1 aromatic carbocycles. The number of rotatable bonds is 5. The van der Waals surface area contributed by atoms with E-state index in [1.165, 1.54) is 26.8 Å². The summed E-state index contributed by atoms with van der Waals surface area (Å²) in [6.07, 6.45) is 0. The van der Waals surface area contributed by atoms with E-state index >= 15 is 0 Å². The summed E-state index contributed by atoms with van der Waals surface area (Å²) >= 11 is 0. The van der Waals surface area contributed by atoms with Crippen LogP contribution in [-0.4, -0.2) is 25.5 Å². The quantitative estimate of drug-likeness (QED) is 0.843. The average Bonchev–Trinajstić information content (AvgIpc) is 2.86. The van der Waals surface area contributed by atoms with Gasteiger partial charge in [-0.1, -0.05) is 11.2 Å². The molecular weight excluding hydrogens is 332 g/mol. The average molecular weight is 348 g/mol. The molecule has 0 saturated heterocycles. The van der Waals surface area contributed by atoms with E-state index in [9.17, 15) is 13.2 Å². The zero-order valence-electron chi connectivity index (χ0n) is 13.3. The van der Waals surface area contributed by atoms with Gasteiger partial charge in [-0.2, -0.15) is 9.98 Å². The lowest BCUT2D eigenvalue weighted by Crippen LogP contribution is -2.41. The van der Waals surface area contributed by atoms with Gasteiger partial charge in [0.15, 0.2) is 5.76 Å². The molecule has 2 aromatic rings. The molecule has 2 rings (SSSR count). The van der Waals surface area contributed by atoms with E-state index < -0.39 is 22.0 Å². The number of carbonyl (C=O) groups excluding carboxylic acids is 1. The number of nitrogens with one attached hydrogen (secondary N) is 2. The lowest BCUT2D eigenvalue weighted by molar-refractivity contribution is -0.117. The van der Waals surface area contributed by atoms with Crippen LogP contribution in [0, 0.1) is 25.2 Å². The SMILES string of the molecule is Cc1noc(C)c1S(=O)(=O)N[C@@H](C)C(=O)Nc1cccc(C#N)c1. The van der Waals surface area contributed by atoms with Gasteiger partial charge < -0.3 is 9.84 Å². The Morgan fingerprint density at radius 2 is 2.08 bits per heavy atom. The van der Waals surface area contributed by atoms with Crippen molar-refractivity contribution in [2.45, 2.75) is 31.7 Å². The molecule has 2 N–H and O–H groups in total. The second-order valence-corrected chi connectivity index (χ2v) is 6.83. The summed E-state index contributed by atoms with van der Waals surface area (Å²) in [5.41, 5.74) is 1.01. The van der Waals surface area contributed by atoms with Crippen molar-refractivity contribution in [3.05, 3.63) is 41.3 Å². The van der Waals surface area contributed by atoms with Crippen LogP contribution in [0.25, 0.3) is 0 Å². The molecule has 9 heteroatoms. The Bertz CT molecular complexity index is 892. The fourth-order valence-electron chi connectivity index (χ4n) is 2.12. The van der Waals surface area contributed by atoms with Crippen LogP contribution in [0.4, 0.5) is 5.69 Å². The van der Waals surface area contributed by atoms with Crippen LogP contribution in [0.2, 0.25) is 0 Å². The van der Waals surface area contributed by atoms with Gasteiger partial charge >= 0.3 is 0 Å². The maximum Gasteiger partial charge on any atom is 0.246 e. The van der Waals surface area contributed by atoms with Crippen LogP contribution in [0.3, 0.4) is 0 Å². The number of benzene rings is 1. The highest BCUT2D eigenvalue weighted by molar-refractivity contribution is 7.89. The van der Waals surface area contributed by atoms with Crippen LogP contribution >= 0.6 is 0 Å². The number of sulfonamides is 1. The monoisotopic (exact) mass is 348 g/mol. The summed E-state index contributed by atoms with van der Waals surface area (Å²) in [6, 6.07) is 7.24. The van der Waals surface area contributed by atoms with Gasteiger partial charge in [0, 0.05) is 5.69 Å². The molecule has 1 heterocycles. The topological polar surface area (TPSA) is 125 Å². The number of hydrogen-bond acceptors (Lipinski definition) is 6. The molecule has 0 fully saturated rings. The molecule has 0 aliphatic rings. The van der Waals surface area contributed by atoms with Gasteiger partial charge in [0.25, 0.3) is 0 Å². The van der Waals surface area contributed by atoms with E-state index in [2.05, 4.69) is 15.2 Å². The Labute approximate surface area is 139 Å². The van der Waals surface area contributed by atoms with Crippen LogP contribution < -0.4 is 10.0 Å². The summed E-state index contributed by atoms with van der Waals surface area (Å²) in [5, 5.41) is 15.0. The summed E-state index contributed by atoms with van der Waals surface area (Å²) in [7, 11) is -3.95. The molecule has 8 nitrogen and oxygen atoms in total. The highest BCUT2D eigenvalue weighted by Crippen LogP contribution is 2.19. The molecule has 24 heavy (non-hydrogen) atoms.